The average Bonchev–Trinajstić information content (AvgIpc) is 3.43. The van der Waals surface area contributed by atoms with Crippen molar-refractivity contribution in [3.8, 4) is 5.75 Å². The maximum absolute atomic E-state index is 14.2. The summed E-state index contributed by atoms with van der Waals surface area (Å²) < 4.78 is 26.1. The van der Waals surface area contributed by atoms with Crippen molar-refractivity contribution >= 4 is 43.6 Å². The molecular formula is C23H16FN3O3S. The van der Waals surface area contributed by atoms with E-state index in [0.29, 0.717) is 21.2 Å². The fourth-order valence-electron chi connectivity index (χ4n) is 3.35. The van der Waals surface area contributed by atoms with Crippen LogP contribution in [0.3, 0.4) is 0 Å². The third kappa shape index (κ3) is 3.51. The van der Waals surface area contributed by atoms with Gasteiger partial charge in [0.05, 0.1) is 18.4 Å². The zero-order valence-corrected chi connectivity index (χ0v) is 17.2. The van der Waals surface area contributed by atoms with Crippen LogP contribution in [-0.2, 0) is 6.54 Å². The lowest BCUT2D eigenvalue weighted by Gasteiger charge is -2.18. The normalized spacial score (nSPS) is 11.2. The Balaban J connectivity index is 1.61. The van der Waals surface area contributed by atoms with Gasteiger partial charge in [-0.05, 0) is 35.9 Å². The molecule has 0 bridgehead atoms. The Bertz CT molecular complexity index is 1400. The summed E-state index contributed by atoms with van der Waals surface area (Å²) in [5.41, 5.74) is 1.53. The number of carbonyl (C=O) groups excluding carboxylic acids is 1. The first-order valence-electron chi connectivity index (χ1n) is 9.46. The van der Waals surface area contributed by atoms with E-state index in [1.165, 1.54) is 22.3 Å². The second-order valence-corrected chi connectivity index (χ2v) is 7.83. The zero-order valence-electron chi connectivity index (χ0n) is 16.4. The summed E-state index contributed by atoms with van der Waals surface area (Å²) in [7, 11) is 1.54. The highest BCUT2D eigenvalue weighted by Gasteiger charge is 2.26. The first-order chi connectivity index (χ1) is 15.1. The van der Waals surface area contributed by atoms with Gasteiger partial charge in [-0.3, -0.25) is 14.7 Å². The van der Waals surface area contributed by atoms with Crippen LogP contribution < -0.4 is 9.64 Å². The predicted molar refractivity (Wildman–Crippen MR) is 117 cm³/mol. The van der Waals surface area contributed by atoms with Crippen LogP contribution in [0.25, 0.3) is 21.2 Å². The maximum Gasteiger partial charge on any atom is 0.296 e. The number of thiazole rings is 1. The minimum absolute atomic E-state index is 0.142. The molecular weight excluding hydrogens is 417 g/mol. The Morgan fingerprint density at radius 1 is 1.19 bits per heavy atom. The first-order valence-corrected chi connectivity index (χ1v) is 10.3. The van der Waals surface area contributed by atoms with Gasteiger partial charge in [-0.1, -0.05) is 35.6 Å². The topological polar surface area (TPSA) is 68.5 Å². The van der Waals surface area contributed by atoms with Gasteiger partial charge in [0.15, 0.2) is 22.2 Å². The van der Waals surface area contributed by atoms with Gasteiger partial charge in [0.25, 0.3) is 5.91 Å². The molecule has 0 aliphatic heterocycles. The van der Waals surface area contributed by atoms with E-state index < -0.39 is 5.82 Å². The Hall–Kier alpha value is -3.78. The van der Waals surface area contributed by atoms with Crippen molar-refractivity contribution < 1.29 is 18.3 Å². The minimum Gasteiger partial charge on any atom is -0.493 e. The summed E-state index contributed by atoms with van der Waals surface area (Å²) in [5.74, 6) is -0.135. The number of amides is 1. The van der Waals surface area contributed by atoms with Crippen LogP contribution in [0, 0.1) is 5.82 Å². The Labute approximate surface area is 180 Å². The molecule has 0 radical (unpaired) electrons. The number of hydrogen-bond donors (Lipinski definition) is 0. The number of halogens is 1. The van der Waals surface area contributed by atoms with E-state index in [2.05, 4.69) is 9.97 Å². The summed E-state index contributed by atoms with van der Waals surface area (Å²) in [6.07, 6.45) is 3.34. The number of fused-ring (bicyclic) bond motifs is 2. The van der Waals surface area contributed by atoms with E-state index in [1.807, 2.05) is 18.2 Å². The van der Waals surface area contributed by atoms with Gasteiger partial charge in [-0.2, -0.15) is 0 Å². The molecule has 0 saturated carbocycles. The molecule has 5 rings (SSSR count). The third-order valence-electron chi connectivity index (χ3n) is 4.84. The number of anilines is 1. The summed E-state index contributed by atoms with van der Waals surface area (Å²) >= 11 is 1.24. The number of nitrogens with zero attached hydrogens (tertiary/aromatic N) is 3. The smallest absolute Gasteiger partial charge is 0.296 e. The standard InChI is InChI=1S/C23H16FN3O3S/c1-29-17-8-2-6-15-11-18(30-21(15)17)22(28)27(13-14-5-4-10-25-12-14)23-26-20-16(24)7-3-9-19(20)31-23/h2-12H,13H2,1H3. The summed E-state index contributed by atoms with van der Waals surface area (Å²) in [6.45, 7) is 0.211. The van der Waals surface area contributed by atoms with Crippen LogP contribution in [-0.4, -0.2) is 23.0 Å². The zero-order chi connectivity index (χ0) is 21.4. The van der Waals surface area contributed by atoms with E-state index in [-0.39, 0.29) is 23.7 Å². The predicted octanol–water partition coefficient (Wildman–Crippen LogP) is 5.43. The Kier molecular flexibility index (Phi) is 4.83. The van der Waals surface area contributed by atoms with E-state index >= 15 is 0 Å². The summed E-state index contributed by atoms with van der Waals surface area (Å²) in [6, 6.07) is 15.5. The molecule has 3 aromatic heterocycles. The fourth-order valence-corrected chi connectivity index (χ4v) is 4.33. The van der Waals surface area contributed by atoms with Gasteiger partial charge in [0.2, 0.25) is 0 Å². The SMILES string of the molecule is COc1cccc2cc(C(=O)N(Cc3cccnc3)c3nc4c(F)cccc4s3)oc12. The number of furan rings is 1. The molecule has 0 unspecified atom stereocenters. The highest BCUT2D eigenvalue weighted by molar-refractivity contribution is 7.22. The van der Waals surface area contributed by atoms with Crippen molar-refractivity contribution in [1.29, 1.82) is 0 Å². The molecule has 0 atom stereocenters. The van der Waals surface area contributed by atoms with E-state index in [4.69, 9.17) is 9.15 Å². The van der Waals surface area contributed by atoms with Crippen molar-refractivity contribution in [3.05, 3.63) is 84.1 Å². The number of rotatable bonds is 5. The van der Waals surface area contributed by atoms with Crippen molar-refractivity contribution in [3.63, 3.8) is 0 Å². The largest absolute Gasteiger partial charge is 0.493 e. The number of ether oxygens (including phenoxy) is 1. The van der Waals surface area contributed by atoms with Crippen LogP contribution in [0.4, 0.5) is 9.52 Å². The molecule has 0 aliphatic rings. The first kappa shape index (κ1) is 19.2. The Morgan fingerprint density at radius 2 is 2.06 bits per heavy atom. The molecule has 8 heteroatoms. The summed E-state index contributed by atoms with van der Waals surface area (Å²) in [4.78, 5) is 23.5. The number of pyridine rings is 1. The molecule has 3 heterocycles. The van der Waals surface area contributed by atoms with Crippen LogP contribution in [0.2, 0.25) is 0 Å². The van der Waals surface area contributed by atoms with E-state index in [1.54, 1.807) is 49.8 Å². The average molecular weight is 433 g/mol. The van der Waals surface area contributed by atoms with Crippen LogP contribution in [0.15, 0.2) is 71.4 Å². The number of para-hydroxylation sites is 2. The minimum atomic E-state index is -0.428. The van der Waals surface area contributed by atoms with Gasteiger partial charge in [-0.25, -0.2) is 9.37 Å². The quantitative estimate of drug-likeness (QED) is 0.370. The van der Waals surface area contributed by atoms with Crippen LogP contribution in [0.5, 0.6) is 5.75 Å². The van der Waals surface area contributed by atoms with Crippen LogP contribution >= 0.6 is 11.3 Å². The summed E-state index contributed by atoms with van der Waals surface area (Å²) in [5, 5.41) is 1.13. The molecule has 0 spiro atoms. The maximum atomic E-state index is 14.2. The molecule has 1 amide bonds. The molecule has 31 heavy (non-hydrogen) atoms. The van der Waals surface area contributed by atoms with Crippen molar-refractivity contribution in [2.75, 3.05) is 12.0 Å². The second kappa shape index (κ2) is 7.81. The monoisotopic (exact) mass is 433 g/mol. The molecule has 6 nitrogen and oxygen atoms in total. The molecule has 0 N–H and O–H groups in total. The number of benzene rings is 2. The van der Waals surface area contributed by atoms with Crippen molar-refractivity contribution in [2.45, 2.75) is 6.54 Å². The fraction of sp³-hybridized carbons (Fsp3) is 0.0870. The van der Waals surface area contributed by atoms with Gasteiger partial charge in [-0.15, -0.1) is 0 Å². The molecule has 0 fully saturated rings. The van der Waals surface area contributed by atoms with Gasteiger partial charge in [0, 0.05) is 17.8 Å². The van der Waals surface area contributed by atoms with Crippen molar-refractivity contribution in [2.24, 2.45) is 0 Å². The molecule has 5 aromatic rings. The second-order valence-electron chi connectivity index (χ2n) is 6.82. The molecule has 154 valence electrons. The van der Waals surface area contributed by atoms with Gasteiger partial charge in [0.1, 0.15) is 11.3 Å². The van der Waals surface area contributed by atoms with Crippen LogP contribution in [0.1, 0.15) is 16.1 Å². The number of methoxy groups -OCH3 is 1. The molecule has 0 aliphatic carbocycles. The number of carbonyl (C=O) groups is 1. The highest BCUT2D eigenvalue weighted by atomic mass is 32.1. The van der Waals surface area contributed by atoms with Gasteiger partial charge >= 0.3 is 0 Å². The molecule has 2 aromatic carbocycles. The lowest BCUT2D eigenvalue weighted by atomic mass is 10.2. The molecule has 0 saturated heterocycles. The van der Waals surface area contributed by atoms with E-state index in [9.17, 15) is 9.18 Å². The number of aromatic nitrogens is 2. The highest BCUT2D eigenvalue weighted by Crippen LogP contribution is 2.34. The third-order valence-corrected chi connectivity index (χ3v) is 5.88. The lowest BCUT2D eigenvalue weighted by molar-refractivity contribution is 0.0960. The lowest BCUT2D eigenvalue weighted by Crippen LogP contribution is -2.30. The van der Waals surface area contributed by atoms with E-state index in [0.717, 1.165) is 10.9 Å². The van der Waals surface area contributed by atoms with Crippen molar-refractivity contribution in [1.82, 2.24) is 9.97 Å². The number of hydrogen-bond acceptors (Lipinski definition) is 6. The van der Waals surface area contributed by atoms with Gasteiger partial charge < -0.3 is 9.15 Å². The Morgan fingerprint density at radius 3 is 2.84 bits per heavy atom.